The van der Waals surface area contributed by atoms with E-state index in [0.717, 1.165) is 0 Å². The molecule has 5 heteroatoms. The molecule has 1 atom stereocenters. The average Bonchev–Trinajstić information content (AvgIpc) is 2.16. The number of alkyl halides is 2. The molecule has 0 fully saturated rings. The first-order valence-corrected chi connectivity index (χ1v) is 4.76. The molecule has 1 unspecified atom stereocenters. The molecule has 0 heterocycles. The van der Waals surface area contributed by atoms with Gasteiger partial charge in [0.25, 0.3) is 0 Å². The van der Waals surface area contributed by atoms with E-state index in [0.29, 0.717) is 5.56 Å². The lowest BCUT2D eigenvalue weighted by molar-refractivity contribution is -0.137. The zero-order valence-corrected chi connectivity index (χ0v) is 8.69. The van der Waals surface area contributed by atoms with Crippen molar-refractivity contribution in [3.8, 4) is 5.75 Å². The second kappa shape index (κ2) is 5.44. The summed E-state index contributed by atoms with van der Waals surface area (Å²) in [6, 6.07) is 6.21. The second-order valence-electron chi connectivity index (χ2n) is 3.42. The quantitative estimate of drug-likeness (QED) is 0.845. The van der Waals surface area contributed by atoms with Crippen LogP contribution in [0.15, 0.2) is 24.3 Å². The highest BCUT2D eigenvalue weighted by Crippen LogP contribution is 2.29. The zero-order chi connectivity index (χ0) is 12.1. The summed E-state index contributed by atoms with van der Waals surface area (Å²) in [5.74, 6) is -1.31. The van der Waals surface area contributed by atoms with E-state index in [1.165, 1.54) is 6.07 Å². The van der Waals surface area contributed by atoms with Crippen molar-refractivity contribution in [3.05, 3.63) is 29.8 Å². The van der Waals surface area contributed by atoms with E-state index in [-0.39, 0.29) is 18.1 Å². The average molecular weight is 230 g/mol. The fourth-order valence-corrected chi connectivity index (χ4v) is 1.46. The van der Waals surface area contributed by atoms with Crippen LogP contribution in [-0.2, 0) is 4.79 Å². The molecule has 1 N–H and O–H groups in total. The van der Waals surface area contributed by atoms with Crippen LogP contribution in [0.25, 0.3) is 0 Å². The third kappa shape index (κ3) is 3.49. The van der Waals surface area contributed by atoms with Crippen molar-refractivity contribution >= 4 is 5.97 Å². The standard InChI is InChI=1S/C11H12F2O3/c1-7(6-10(14)15)8-4-2-3-5-9(8)16-11(12)13/h2-5,7,11H,6H2,1H3,(H,14,15). The lowest BCUT2D eigenvalue weighted by Crippen LogP contribution is -2.08. The van der Waals surface area contributed by atoms with Gasteiger partial charge in [-0.15, -0.1) is 0 Å². The van der Waals surface area contributed by atoms with Gasteiger partial charge in [-0.25, -0.2) is 0 Å². The van der Waals surface area contributed by atoms with Crippen LogP contribution in [-0.4, -0.2) is 17.7 Å². The van der Waals surface area contributed by atoms with Gasteiger partial charge in [0.1, 0.15) is 5.75 Å². The maximum Gasteiger partial charge on any atom is 0.387 e. The lowest BCUT2D eigenvalue weighted by Gasteiger charge is -2.14. The number of para-hydroxylation sites is 1. The molecule has 1 aromatic carbocycles. The van der Waals surface area contributed by atoms with Crippen LogP contribution in [0.4, 0.5) is 8.78 Å². The maximum absolute atomic E-state index is 12.1. The van der Waals surface area contributed by atoms with Gasteiger partial charge in [-0.2, -0.15) is 8.78 Å². The maximum atomic E-state index is 12.1. The van der Waals surface area contributed by atoms with E-state index in [4.69, 9.17) is 5.11 Å². The number of benzene rings is 1. The van der Waals surface area contributed by atoms with Crippen LogP contribution in [0.3, 0.4) is 0 Å². The van der Waals surface area contributed by atoms with Crippen molar-refractivity contribution in [1.82, 2.24) is 0 Å². The van der Waals surface area contributed by atoms with Crippen LogP contribution in [0.1, 0.15) is 24.8 Å². The number of rotatable bonds is 5. The molecule has 0 radical (unpaired) electrons. The molecule has 3 nitrogen and oxygen atoms in total. The van der Waals surface area contributed by atoms with Crippen LogP contribution < -0.4 is 4.74 Å². The first kappa shape index (κ1) is 12.4. The van der Waals surface area contributed by atoms with Crippen LogP contribution >= 0.6 is 0 Å². The molecule has 1 aromatic rings. The molecule has 0 spiro atoms. The summed E-state index contributed by atoms with van der Waals surface area (Å²) in [7, 11) is 0. The van der Waals surface area contributed by atoms with E-state index >= 15 is 0 Å². The van der Waals surface area contributed by atoms with Crippen molar-refractivity contribution in [1.29, 1.82) is 0 Å². The SMILES string of the molecule is CC(CC(=O)O)c1ccccc1OC(F)F. The monoisotopic (exact) mass is 230 g/mol. The minimum atomic E-state index is -2.90. The van der Waals surface area contributed by atoms with Crippen LogP contribution in [0, 0.1) is 0 Å². The highest BCUT2D eigenvalue weighted by atomic mass is 19.3. The molecule has 1 rings (SSSR count). The minimum Gasteiger partial charge on any atom is -0.481 e. The molecular formula is C11H12F2O3. The summed E-state index contributed by atoms with van der Waals surface area (Å²) in [6.45, 7) is -1.25. The number of hydrogen-bond acceptors (Lipinski definition) is 2. The van der Waals surface area contributed by atoms with Crippen molar-refractivity contribution in [2.45, 2.75) is 25.9 Å². The van der Waals surface area contributed by atoms with E-state index in [1.54, 1.807) is 25.1 Å². The predicted octanol–water partition coefficient (Wildman–Crippen LogP) is 2.87. The Bertz CT molecular complexity index is 366. The number of halogens is 2. The van der Waals surface area contributed by atoms with E-state index in [2.05, 4.69) is 4.74 Å². The molecule has 88 valence electrons. The minimum absolute atomic E-state index is 0.0336. The normalized spacial score (nSPS) is 12.5. The Morgan fingerprint density at radius 2 is 2.06 bits per heavy atom. The Balaban J connectivity index is 2.89. The summed E-state index contributed by atoms with van der Waals surface area (Å²) in [4.78, 5) is 10.5. The summed E-state index contributed by atoms with van der Waals surface area (Å²) < 4.78 is 28.5. The van der Waals surface area contributed by atoms with Gasteiger partial charge in [0.05, 0.1) is 6.42 Å². The van der Waals surface area contributed by atoms with Crippen molar-refractivity contribution in [3.63, 3.8) is 0 Å². The molecule has 0 aliphatic rings. The molecule has 0 bridgehead atoms. The third-order valence-corrected chi connectivity index (χ3v) is 2.15. The molecule has 16 heavy (non-hydrogen) atoms. The largest absolute Gasteiger partial charge is 0.481 e. The Morgan fingerprint density at radius 3 is 2.62 bits per heavy atom. The Labute approximate surface area is 91.7 Å². The highest BCUT2D eigenvalue weighted by molar-refractivity contribution is 5.68. The molecule has 0 saturated carbocycles. The topological polar surface area (TPSA) is 46.5 Å². The number of carboxylic acids is 1. The molecule has 0 aliphatic carbocycles. The zero-order valence-electron chi connectivity index (χ0n) is 8.69. The summed E-state index contributed by atoms with van der Waals surface area (Å²) in [5, 5.41) is 8.63. The molecule has 0 amide bonds. The van der Waals surface area contributed by atoms with E-state index in [1.807, 2.05) is 0 Å². The summed E-state index contributed by atoms with van der Waals surface area (Å²) in [6.07, 6.45) is -0.121. The van der Waals surface area contributed by atoms with Gasteiger partial charge in [-0.05, 0) is 17.5 Å². The number of carboxylic acid groups (broad SMARTS) is 1. The molecule has 0 aliphatic heterocycles. The summed E-state index contributed by atoms with van der Waals surface area (Å²) in [5.41, 5.74) is 0.477. The molecular weight excluding hydrogens is 218 g/mol. The second-order valence-corrected chi connectivity index (χ2v) is 3.42. The first-order valence-electron chi connectivity index (χ1n) is 4.76. The van der Waals surface area contributed by atoms with Gasteiger partial charge < -0.3 is 9.84 Å². The van der Waals surface area contributed by atoms with E-state index < -0.39 is 12.6 Å². The number of aliphatic carboxylic acids is 1. The van der Waals surface area contributed by atoms with E-state index in [9.17, 15) is 13.6 Å². The Hall–Kier alpha value is -1.65. The third-order valence-electron chi connectivity index (χ3n) is 2.15. The number of hydrogen-bond donors (Lipinski definition) is 1. The van der Waals surface area contributed by atoms with Gasteiger partial charge in [0.15, 0.2) is 0 Å². The van der Waals surface area contributed by atoms with Crippen molar-refractivity contribution in [2.24, 2.45) is 0 Å². The lowest BCUT2D eigenvalue weighted by atomic mass is 9.97. The van der Waals surface area contributed by atoms with Crippen LogP contribution in [0.2, 0.25) is 0 Å². The number of ether oxygens (including phenoxy) is 1. The molecule has 0 aromatic heterocycles. The van der Waals surface area contributed by atoms with Crippen LogP contribution in [0.5, 0.6) is 5.75 Å². The van der Waals surface area contributed by atoms with Gasteiger partial charge >= 0.3 is 12.6 Å². The highest BCUT2D eigenvalue weighted by Gasteiger charge is 2.16. The van der Waals surface area contributed by atoms with Gasteiger partial charge in [-0.3, -0.25) is 4.79 Å². The number of carbonyl (C=O) groups is 1. The summed E-state index contributed by atoms with van der Waals surface area (Å²) >= 11 is 0. The van der Waals surface area contributed by atoms with Gasteiger partial charge in [-0.1, -0.05) is 25.1 Å². The van der Waals surface area contributed by atoms with Gasteiger partial charge in [0.2, 0.25) is 0 Å². The fraction of sp³-hybridized carbons (Fsp3) is 0.364. The predicted molar refractivity (Wildman–Crippen MR) is 53.7 cm³/mol. The van der Waals surface area contributed by atoms with Crippen molar-refractivity contribution < 1.29 is 23.4 Å². The fourth-order valence-electron chi connectivity index (χ4n) is 1.46. The first-order chi connectivity index (χ1) is 7.50. The Kier molecular flexibility index (Phi) is 4.22. The van der Waals surface area contributed by atoms with Gasteiger partial charge in [0, 0.05) is 0 Å². The smallest absolute Gasteiger partial charge is 0.387 e. The van der Waals surface area contributed by atoms with Crippen molar-refractivity contribution in [2.75, 3.05) is 0 Å². The Morgan fingerprint density at radius 1 is 1.44 bits per heavy atom. The molecule has 0 saturated heterocycles.